The summed E-state index contributed by atoms with van der Waals surface area (Å²) in [4.78, 5) is 4.85. The Balaban J connectivity index is 2.39. The monoisotopic (exact) mass is 328 g/mol. The molecule has 1 aromatic carbocycles. The summed E-state index contributed by atoms with van der Waals surface area (Å²) in [6, 6.07) is 14.5. The van der Waals surface area contributed by atoms with Crippen LogP contribution in [0.2, 0.25) is 0 Å². The molecule has 0 radical (unpaired) electrons. The van der Waals surface area contributed by atoms with Gasteiger partial charge in [0.15, 0.2) is 0 Å². The van der Waals surface area contributed by atoms with Crippen LogP contribution in [0.1, 0.15) is 31.2 Å². The Morgan fingerprint density at radius 1 is 1.05 bits per heavy atom. The lowest BCUT2D eigenvalue weighted by Gasteiger charge is -2.11. The summed E-state index contributed by atoms with van der Waals surface area (Å²) in [7, 11) is 0. The highest BCUT2D eigenvalue weighted by atomic mass is 79.9. The number of hydrogen-bond acceptors (Lipinski definition) is 1. The highest BCUT2D eigenvalue weighted by molar-refractivity contribution is 9.10. The zero-order valence-corrected chi connectivity index (χ0v) is 13.5. The summed E-state index contributed by atoms with van der Waals surface area (Å²) >= 11 is 3.62. The molecule has 0 atom stereocenters. The molecule has 0 aliphatic heterocycles. The van der Waals surface area contributed by atoms with Crippen LogP contribution in [-0.2, 0) is 0 Å². The summed E-state index contributed by atoms with van der Waals surface area (Å²) < 4.78 is 3.38. The lowest BCUT2D eigenvalue weighted by Crippen LogP contribution is -2.01. The number of pyridine rings is 1. The van der Waals surface area contributed by atoms with E-state index in [2.05, 4.69) is 77.5 Å². The Bertz CT molecular complexity index is 758. The van der Waals surface area contributed by atoms with Crippen molar-refractivity contribution in [2.75, 3.05) is 0 Å². The summed E-state index contributed by atoms with van der Waals surface area (Å²) in [6.07, 6.45) is 0. The second-order valence-corrected chi connectivity index (χ2v) is 6.18. The average Bonchev–Trinajstić information content (AvgIpc) is 2.84. The van der Waals surface area contributed by atoms with E-state index in [9.17, 15) is 0 Å². The molecule has 3 rings (SSSR count). The van der Waals surface area contributed by atoms with Crippen LogP contribution in [0.4, 0.5) is 0 Å². The van der Waals surface area contributed by atoms with Crippen molar-refractivity contribution in [1.29, 1.82) is 0 Å². The minimum Gasteiger partial charge on any atom is -0.299 e. The highest BCUT2D eigenvalue weighted by Gasteiger charge is 2.18. The second kappa shape index (κ2) is 5.06. The molecule has 0 saturated carbocycles. The first-order valence-electron chi connectivity index (χ1n) is 6.82. The largest absolute Gasteiger partial charge is 0.299 e. The fraction of sp³-hybridized carbons (Fsp3) is 0.235. The lowest BCUT2D eigenvalue weighted by molar-refractivity contribution is 0.800. The van der Waals surface area contributed by atoms with Gasteiger partial charge in [-0.3, -0.25) is 4.40 Å². The third-order valence-electron chi connectivity index (χ3n) is 3.59. The molecule has 0 spiro atoms. The third kappa shape index (κ3) is 2.06. The van der Waals surface area contributed by atoms with Gasteiger partial charge in [-0.05, 0) is 40.9 Å². The Hall–Kier alpha value is -1.61. The van der Waals surface area contributed by atoms with E-state index >= 15 is 0 Å². The first-order chi connectivity index (χ1) is 9.59. The molecule has 3 heteroatoms. The fourth-order valence-electron chi connectivity index (χ4n) is 2.63. The van der Waals surface area contributed by atoms with E-state index in [0.29, 0.717) is 5.92 Å². The maximum Gasteiger partial charge on any atom is 0.137 e. The van der Waals surface area contributed by atoms with E-state index in [4.69, 9.17) is 4.98 Å². The van der Waals surface area contributed by atoms with Crippen molar-refractivity contribution in [2.45, 2.75) is 26.7 Å². The van der Waals surface area contributed by atoms with E-state index in [1.165, 1.54) is 17.0 Å². The van der Waals surface area contributed by atoms with Crippen LogP contribution >= 0.6 is 15.9 Å². The summed E-state index contributed by atoms with van der Waals surface area (Å²) in [6.45, 7) is 6.56. The number of fused-ring (bicyclic) bond motifs is 1. The Labute approximate surface area is 127 Å². The smallest absolute Gasteiger partial charge is 0.137 e. The number of benzene rings is 1. The molecule has 0 saturated heterocycles. The molecule has 0 bridgehead atoms. The van der Waals surface area contributed by atoms with Crippen LogP contribution in [-0.4, -0.2) is 9.38 Å². The van der Waals surface area contributed by atoms with Crippen LogP contribution in [0.25, 0.3) is 16.9 Å². The molecule has 2 nitrogen and oxygen atoms in total. The normalized spacial score (nSPS) is 11.4. The quantitative estimate of drug-likeness (QED) is 0.632. The summed E-state index contributed by atoms with van der Waals surface area (Å²) in [5, 5.41) is 0. The molecule has 0 fully saturated rings. The zero-order valence-electron chi connectivity index (χ0n) is 11.9. The predicted octanol–water partition coefficient (Wildman–Crippen LogP) is 5.20. The molecular formula is C17H17BrN2. The van der Waals surface area contributed by atoms with Gasteiger partial charge in [0.1, 0.15) is 5.65 Å². The van der Waals surface area contributed by atoms with Crippen LogP contribution in [0.15, 0.2) is 46.9 Å². The third-order valence-corrected chi connectivity index (χ3v) is 4.43. The van der Waals surface area contributed by atoms with Crippen molar-refractivity contribution in [1.82, 2.24) is 9.38 Å². The van der Waals surface area contributed by atoms with Gasteiger partial charge in [-0.1, -0.05) is 44.2 Å². The summed E-state index contributed by atoms with van der Waals surface area (Å²) in [5.41, 5.74) is 5.73. The molecule has 0 aliphatic rings. The minimum atomic E-state index is 0.410. The van der Waals surface area contributed by atoms with Crippen LogP contribution in [0.5, 0.6) is 0 Å². The van der Waals surface area contributed by atoms with Gasteiger partial charge in [0, 0.05) is 15.7 Å². The fourth-order valence-corrected chi connectivity index (χ4v) is 2.94. The summed E-state index contributed by atoms with van der Waals surface area (Å²) in [5.74, 6) is 0.410. The van der Waals surface area contributed by atoms with Gasteiger partial charge in [-0.15, -0.1) is 0 Å². The van der Waals surface area contributed by atoms with Crippen molar-refractivity contribution in [2.24, 2.45) is 0 Å². The second-order valence-electron chi connectivity index (χ2n) is 5.33. The highest BCUT2D eigenvalue weighted by Crippen LogP contribution is 2.32. The molecule has 102 valence electrons. The first kappa shape index (κ1) is 13.4. The van der Waals surface area contributed by atoms with E-state index < -0.39 is 0 Å². The van der Waals surface area contributed by atoms with Gasteiger partial charge in [-0.25, -0.2) is 4.98 Å². The zero-order chi connectivity index (χ0) is 14.3. The maximum atomic E-state index is 4.85. The standard InChI is InChI=1S/C17H17BrN2/c1-11(2)17-16(13-7-5-4-6-8-13)19-15-10-9-14(18)12(3)20(15)17/h4-11H,1-3H3. The van der Waals surface area contributed by atoms with Crippen molar-refractivity contribution >= 4 is 21.6 Å². The molecule has 0 aliphatic carbocycles. The molecule has 2 aromatic heterocycles. The van der Waals surface area contributed by atoms with Crippen molar-refractivity contribution in [3.63, 3.8) is 0 Å². The Morgan fingerprint density at radius 3 is 2.40 bits per heavy atom. The molecule has 2 heterocycles. The Morgan fingerprint density at radius 2 is 1.75 bits per heavy atom. The predicted molar refractivity (Wildman–Crippen MR) is 87.2 cm³/mol. The van der Waals surface area contributed by atoms with Gasteiger partial charge in [0.25, 0.3) is 0 Å². The number of aryl methyl sites for hydroxylation is 1. The van der Waals surface area contributed by atoms with E-state index in [0.717, 1.165) is 15.8 Å². The number of nitrogens with zero attached hydrogens (tertiary/aromatic N) is 2. The van der Waals surface area contributed by atoms with Crippen LogP contribution in [0.3, 0.4) is 0 Å². The topological polar surface area (TPSA) is 17.3 Å². The van der Waals surface area contributed by atoms with Gasteiger partial charge in [0.2, 0.25) is 0 Å². The average molecular weight is 329 g/mol. The lowest BCUT2D eigenvalue weighted by atomic mass is 10.0. The number of hydrogen-bond donors (Lipinski definition) is 0. The minimum absolute atomic E-state index is 0.410. The van der Waals surface area contributed by atoms with E-state index in [-0.39, 0.29) is 0 Å². The van der Waals surface area contributed by atoms with Crippen molar-refractivity contribution in [3.05, 3.63) is 58.3 Å². The SMILES string of the molecule is Cc1c(Br)ccc2nc(-c3ccccc3)c(C(C)C)n12. The van der Waals surface area contributed by atoms with Crippen molar-refractivity contribution in [3.8, 4) is 11.3 Å². The van der Waals surface area contributed by atoms with Crippen LogP contribution in [0, 0.1) is 6.92 Å². The molecule has 20 heavy (non-hydrogen) atoms. The Kier molecular flexibility index (Phi) is 3.38. The molecule has 0 unspecified atom stereocenters. The van der Waals surface area contributed by atoms with Gasteiger partial charge >= 0.3 is 0 Å². The van der Waals surface area contributed by atoms with E-state index in [1.807, 2.05) is 6.07 Å². The van der Waals surface area contributed by atoms with Crippen LogP contribution < -0.4 is 0 Å². The van der Waals surface area contributed by atoms with Crippen molar-refractivity contribution < 1.29 is 0 Å². The van der Waals surface area contributed by atoms with Gasteiger partial charge in [0.05, 0.1) is 11.4 Å². The molecule has 0 N–H and O–H groups in total. The molecular weight excluding hydrogens is 312 g/mol. The number of halogens is 1. The first-order valence-corrected chi connectivity index (χ1v) is 7.61. The van der Waals surface area contributed by atoms with Gasteiger partial charge < -0.3 is 0 Å². The number of imidazole rings is 1. The van der Waals surface area contributed by atoms with Gasteiger partial charge in [-0.2, -0.15) is 0 Å². The molecule has 0 amide bonds. The number of aromatic nitrogens is 2. The maximum absolute atomic E-state index is 4.85. The van der Waals surface area contributed by atoms with E-state index in [1.54, 1.807) is 0 Å². The molecule has 3 aromatic rings. The number of rotatable bonds is 2.